The highest BCUT2D eigenvalue weighted by molar-refractivity contribution is 5.48. The van der Waals surface area contributed by atoms with Gasteiger partial charge < -0.3 is 9.84 Å². The number of nitrogens with zero attached hydrogens (tertiary/aromatic N) is 3. The van der Waals surface area contributed by atoms with Crippen molar-refractivity contribution in [1.29, 1.82) is 0 Å². The van der Waals surface area contributed by atoms with Gasteiger partial charge >= 0.3 is 0 Å². The van der Waals surface area contributed by atoms with Crippen LogP contribution in [0.15, 0.2) is 22.9 Å². The molecule has 0 aliphatic carbocycles. The van der Waals surface area contributed by atoms with E-state index in [0.717, 1.165) is 30.8 Å². The zero-order valence-electron chi connectivity index (χ0n) is 11.1. The van der Waals surface area contributed by atoms with Gasteiger partial charge in [0.15, 0.2) is 0 Å². The van der Waals surface area contributed by atoms with E-state index < -0.39 is 0 Å². The lowest BCUT2D eigenvalue weighted by Gasteiger charge is -2.20. The second-order valence-electron chi connectivity index (χ2n) is 5.15. The van der Waals surface area contributed by atoms with Gasteiger partial charge in [0.2, 0.25) is 11.7 Å². The number of hydrogen-bond acceptors (Lipinski definition) is 5. The van der Waals surface area contributed by atoms with Gasteiger partial charge in [0.25, 0.3) is 0 Å². The topological polar surface area (TPSA) is 63.8 Å². The van der Waals surface area contributed by atoms with Crippen molar-refractivity contribution in [1.82, 2.24) is 20.4 Å². The zero-order chi connectivity index (χ0) is 13.1. The van der Waals surface area contributed by atoms with Gasteiger partial charge in [-0.1, -0.05) is 5.16 Å². The molecule has 2 aromatic rings. The molecule has 0 aromatic carbocycles. The summed E-state index contributed by atoms with van der Waals surface area (Å²) >= 11 is 0. The van der Waals surface area contributed by atoms with Crippen molar-refractivity contribution in [3.8, 4) is 11.5 Å². The van der Waals surface area contributed by atoms with E-state index in [2.05, 4.69) is 20.4 Å². The van der Waals surface area contributed by atoms with Gasteiger partial charge in [-0.25, -0.2) is 0 Å². The Labute approximate surface area is 112 Å². The van der Waals surface area contributed by atoms with Crippen LogP contribution in [0.5, 0.6) is 0 Å². The molecule has 3 heterocycles. The normalized spacial score (nSPS) is 19.5. The lowest BCUT2D eigenvalue weighted by molar-refractivity contribution is 0.316. The van der Waals surface area contributed by atoms with Crippen molar-refractivity contribution in [2.75, 3.05) is 13.1 Å². The number of aryl methyl sites for hydroxylation is 1. The summed E-state index contributed by atoms with van der Waals surface area (Å²) < 4.78 is 5.33. The average molecular weight is 258 g/mol. The standard InChI is InChI=1S/C14H18N4O/c1-10-4-6-16-12(7-10)14-17-13(19-18-14)8-11-3-2-5-15-9-11/h4,6-7,11,15H,2-3,5,8-9H2,1H3. The quantitative estimate of drug-likeness (QED) is 0.912. The van der Waals surface area contributed by atoms with Crippen LogP contribution in [-0.4, -0.2) is 28.2 Å². The number of hydrogen-bond donors (Lipinski definition) is 1. The van der Waals surface area contributed by atoms with E-state index in [1.165, 1.54) is 12.8 Å². The van der Waals surface area contributed by atoms with Crippen molar-refractivity contribution in [3.05, 3.63) is 29.8 Å². The molecule has 1 saturated heterocycles. The van der Waals surface area contributed by atoms with Crippen molar-refractivity contribution in [2.45, 2.75) is 26.2 Å². The molecule has 19 heavy (non-hydrogen) atoms. The third-order valence-electron chi connectivity index (χ3n) is 3.47. The van der Waals surface area contributed by atoms with Crippen LogP contribution in [0.2, 0.25) is 0 Å². The Morgan fingerprint density at radius 3 is 3.21 bits per heavy atom. The maximum Gasteiger partial charge on any atom is 0.227 e. The summed E-state index contributed by atoms with van der Waals surface area (Å²) in [5.41, 5.74) is 1.92. The predicted molar refractivity (Wildman–Crippen MR) is 71.6 cm³/mol. The number of nitrogens with one attached hydrogen (secondary N) is 1. The molecule has 0 amide bonds. The maximum atomic E-state index is 5.33. The van der Waals surface area contributed by atoms with Crippen LogP contribution in [-0.2, 0) is 6.42 Å². The Kier molecular flexibility index (Phi) is 3.55. The SMILES string of the molecule is Cc1ccnc(-c2noc(CC3CCCNC3)n2)c1. The molecule has 5 nitrogen and oxygen atoms in total. The van der Waals surface area contributed by atoms with E-state index in [4.69, 9.17) is 4.52 Å². The first-order valence-electron chi connectivity index (χ1n) is 6.77. The second-order valence-corrected chi connectivity index (χ2v) is 5.15. The summed E-state index contributed by atoms with van der Waals surface area (Å²) in [6, 6.07) is 3.93. The molecule has 1 atom stereocenters. The minimum atomic E-state index is 0.586. The third kappa shape index (κ3) is 2.98. The van der Waals surface area contributed by atoms with Gasteiger partial charge in [-0.05, 0) is 56.5 Å². The van der Waals surface area contributed by atoms with Gasteiger partial charge in [-0.3, -0.25) is 4.98 Å². The molecule has 0 spiro atoms. The molecule has 0 saturated carbocycles. The number of rotatable bonds is 3. The average Bonchev–Trinajstić information content (AvgIpc) is 2.88. The highest BCUT2D eigenvalue weighted by Crippen LogP contribution is 2.18. The van der Waals surface area contributed by atoms with Crippen LogP contribution in [0.1, 0.15) is 24.3 Å². The van der Waals surface area contributed by atoms with Gasteiger partial charge in [0.05, 0.1) is 0 Å². The summed E-state index contributed by atoms with van der Waals surface area (Å²) in [4.78, 5) is 8.72. The minimum Gasteiger partial charge on any atom is -0.339 e. The highest BCUT2D eigenvalue weighted by Gasteiger charge is 2.18. The van der Waals surface area contributed by atoms with E-state index in [1.807, 2.05) is 19.1 Å². The number of piperidine rings is 1. The molecule has 1 aliphatic rings. The first-order valence-corrected chi connectivity index (χ1v) is 6.77. The predicted octanol–water partition coefficient (Wildman–Crippen LogP) is 1.98. The van der Waals surface area contributed by atoms with E-state index in [9.17, 15) is 0 Å². The van der Waals surface area contributed by atoms with Crippen LogP contribution in [0.3, 0.4) is 0 Å². The largest absolute Gasteiger partial charge is 0.339 e. The zero-order valence-corrected chi connectivity index (χ0v) is 11.1. The van der Waals surface area contributed by atoms with E-state index in [-0.39, 0.29) is 0 Å². The fraction of sp³-hybridized carbons (Fsp3) is 0.500. The molecule has 1 N–H and O–H groups in total. The highest BCUT2D eigenvalue weighted by atomic mass is 16.5. The molecule has 5 heteroatoms. The third-order valence-corrected chi connectivity index (χ3v) is 3.47. The first-order chi connectivity index (χ1) is 9.31. The lowest BCUT2D eigenvalue weighted by atomic mass is 9.96. The summed E-state index contributed by atoms with van der Waals surface area (Å²) in [6.45, 7) is 4.19. The van der Waals surface area contributed by atoms with Gasteiger partial charge in [-0.15, -0.1) is 0 Å². The second kappa shape index (κ2) is 5.48. The summed E-state index contributed by atoms with van der Waals surface area (Å²) in [5.74, 6) is 1.90. The lowest BCUT2D eigenvalue weighted by Crippen LogP contribution is -2.30. The number of pyridine rings is 1. The van der Waals surface area contributed by atoms with E-state index >= 15 is 0 Å². The molecule has 1 unspecified atom stereocenters. The molecule has 3 rings (SSSR count). The molecule has 0 radical (unpaired) electrons. The molecule has 100 valence electrons. The molecular weight excluding hydrogens is 240 g/mol. The van der Waals surface area contributed by atoms with Crippen LogP contribution < -0.4 is 5.32 Å². The maximum absolute atomic E-state index is 5.33. The fourth-order valence-corrected chi connectivity index (χ4v) is 2.45. The van der Waals surface area contributed by atoms with E-state index in [1.54, 1.807) is 6.20 Å². The molecule has 1 fully saturated rings. The van der Waals surface area contributed by atoms with Crippen LogP contribution in [0.25, 0.3) is 11.5 Å². The summed E-state index contributed by atoms with van der Waals surface area (Å²) in [5, 5.41) is 7.42. The summed E-state index contributed by atoms with van der Waals surface area (Å²) in [6.07, 6.45) is 5.08. The minimum absolute atomic E-state index is 0.586. The fourth-order valence-electron chi connectivity index (χ4n) is 2.45. The van der Waals surface area contributed by atoms with E-state index in [0.29, 0.717) is 17.6 Å². The smallest absolute Gasteiger partial charge is 0.227 e. The van der Waals surface area contributed by atoms with Crippen molar-refractivity contribution >= 4 is 0 Å². The number of aromatic nitrogens is 3. The molecule has 0 bridgehead atoms. The molecule has 1 aliphatic heterocycles. The first kappa shape index (κ1) is 12.3. The van der Waals surface area contributed by atoms with Crippen molar-refractivity contribution < 1.29 is 4.52 Å². The van der Waals surface area contributed by atoms with Crippen LogP contribution >= 0.6 is 0 Å². The Balaban J connectivity index is 1.72. The van der Waals surface area contributed by atoms with Crippen LogP contribution in [0, 0.1) is 12.8 Å². The molecule has 2 aromatic heterocycles. The summed E-state index contributed by atoms with van der Waals surface area (Å²) in [7, 11) is 0. The molecular formula is C14H18N4O. The monoisotopic (exact) mass is 258 g/mol. The Hall–Kier alpha value is -1.75. The van der Waals surface area contributed by atoms with Gasteiger partial charge in [0, 0.05) is 12.6 Å². The Bertz CT molecular complexity index is 546. The van der Waals surface area contributed by atoms with Gasteiger partial charge in [-0.2, -0.15) is 4.98 Å². The Morgan fingerprint density at radius 2 is 2.42 bits per heavy atom. The van der Waals surface area contributed by atoms with Gasteiger partial charge in [0.1, 0.15) is 5.69 Å². The van der Waals surface area contributed by atoms with Crippen molar-refractivity contribution in [3.63, 3.8) is 0 Å². The van der Waals surface area contributed by atoms with Crippen LogP contribution in [0.4, 0.5) is 0 Å². The van der Waals surface area contributed by atoms with Crippen molar-refractivity contribution in [2.24, 2.45) is 5.92 Å². The Morgan fingerprint density at radius 1 is 1.47 bits per heavy atom.